The van der Waals surface area contributed by atoms with Crippen molar-refractivity contribution in [2.45, 2.75) is 0 Å². The molecule has 0 fully saturated rings. The number of nitrogens with zero attached hydrogens (tertiary/aromatic N) is 2. The summed E-state index contributed by atoms with van der Waals surface area (Å²) in [7, 11) is 0. The summed E-state index contributed by atoms with van der Waals surface area (Å²) in [6, 6.07) is 56.6. The smallest absolute Gasteiger partial charge is 0.137 e. The van der Waals surface area contributed by atoms with Crippen LogP contribution in [0.2, 0.25) is 0 Å². The van der Waals surface area contributed by atoms with Crippen LogP contribution in [0.4, 0.5) is 0 Å². The van der Waals surface area contributed by atoms with E-state index >= 15 is 0 Å². The number of aromatic nitrogens is 2. The zero-order valence-electron chi connectivity index (χ0n) is 24.3. The molecule has 3 nitrogen and oxygen atoms in total. The molecule has 7 aromatic carbocycles. The van der Waals surface area contributed by atoms with Crippen LogP contribution in [0.5, 0.6) is 0 Å². The predicted molar refractivity (Wildman–Crippen MR) is 188 cm³/mol. The number of fused-ring (bicyclic) bond motifs is 9. The van der Waals surface area contributed by atoms with Crippen molar-refractivity contribution in [3.8, 4) is 22.5 Å². The molecule has 0 aliphatic carbocycles. The van der Waals surface area contributed by atoms with Crippen LogP contribution in [0.1, 0.15) is 0 Å². The highest BCUT2D eigenvalue weighted by Crippen LogP contribution is 2.40. The summed E-state index contributed by atoms with van der Waals surface area (Å²) < 4.78 is 11.1. The van der Waals surface area contributed by atoms with Crippen LogP contribution >= 0.6 is 0 Å². The van der Waals surface area contributed by atoms with Crippen molar-refractivity contribution < 1.29 is 4.42 Å². The van der Waals surface area contributed by atoms with Crippen LogP contribution < -0.4 is 0 Å². The maximum Gasteiger partial charge on any atom is 0.137 e. The Bertz CT molecular complexity index is 2720. The highest BCUT2D eigenvalue weighted by Gasteiger charge is 2.18. The molecule has 0 N–H and O–H groups in total. The molecule has 3 heterocycles. The van der Waals surface area contributed by atoms with Gasteiger partial charge in [0.2, 0.25) is 0 Å². The SMILES string of the molecule is c1cc(-c2ccc3c4ccccc4n(-c4cccc5oc6ccccc6c45)c3c2)cc(-n2c3ccccc3c3ccccc32)c1. The standard InChI is InChI=1S/C42H26N2O/c1-5-17-35-30(13-1)31-14-2-6-18-36(31)43(35)29-12-9-11-27(25-29)28-23-24-33-32-15-3-7-19-37(32)44(39(33)26-28)38-20-10-22-41-42(38)34-16-4-8-21-40(34)45-41/h1-26H. The summed E-state index contributed by atoms with van der Waals surface area (Å²) in [5, 5.41) is 7.27. The average Bonchev–Trinajstić information content (AvgIpc) is 3.76. The molecule has 0 aliphatic rings. The normalized spacial score (nSPS) is 12.0. The molecule has 0 bridgehead atoms. The monoisotopic (exact) mass is 574 g/mol. The zero-order chi connectivity index (χ0) is 29.5. The molecule has 0 spiro atoms. The number of hydrogen-bond acceptors (Lipinski definition) is 1. The minimum absolute atomic E-state index is 0.898. The van der Waals surface area contributed by atoms with Crippen LogP contribution in [0, 0.1) is 0 Å². The topological polar surface area (TPSA) is 23.0 Å². The maximum absolute atomic E-state index is 6.30. The lowest BCUT2D eigenvalue weighted by Gasteiger charge is -2.12. The van der Waals surface area contributed by atoms with Gasteiger partial charge in [0, 0.05) is 32.6 Å². The highest BCUT2D eigenvalue weighted by atomic mass is 16.3. The summed E-state index contributed by atoms with van der Waals surface area (Å²) in [5.41, 5.74) is 11.2. The van der Waals surface area contributed by atoms with Gasteiger partial charge in [-0.2, -0.15) is 0 Å². The summed E-state index contributed by atoms with van der Waals surface area (Å²) in [4.78, 5) is 0. The minimum atomic E-state index is 0.898. The van der Waals surface area contributed by atoms with Gasteiger partial charge < -0.3 is 13.6 Å². The van der Waals surface area contributed by atoms with E-state index < -0.39 is 0 Å². The molecular weight excluding hydrogens is 548 g/mol. The Balaban J connectivity index is 1.23. The lowest BCUT2D eigenvalue weighted by atomic mass is 10.0. The molecular formula is C42H26N2O. The molecule has 3 heteroatoms. The van der Waals surface area contributed by atoms with Gasteiger partial charge in [-0.25, -0.2) is 0 Å². The molecule has 0 amide bonds. The van der Waals surface area contributed by atoms with Gasteiger partial charge in [-0.1, -0.05) is 103 Å². The molecule has 210 valence electrons. The van der Waals surface area contributed by atoms with E-state index in [0.29, 0.717) is 0 Å². The number of hydrogen-bond donors (Lipinski definition) is 0. The Kier molecular flexibility index (Phi) is 5.00. The first-order valence-corrected chi connectivity index (χ1v) is 15.4. The minimum Gasteiger partial charge on any atom is -0.456 e. The third-order valence-electron chi connectivity index (χ3n) is 9.31. The van der Waals surface area contributed by atoms with Crippen molar-refractivity contribution in [1.29, 1.82) is 0 Å². The van der Waals surface area contributed by atoms with E-state index in [4.69, 9.17) is 4.42 Å². The van der Waals surface area contributed by atoms with Gasteiger partial charge in [-0.15, -0.1) is 0 Å². The maximum atomic E-state index is 6.30. The molecule has 0 unspecified atom stereocenters. The first-order chi connectivity index (χ1) is 22.3. The Labute approximate surface area is 258 Å². The van der Waals surface area contributed by atoms with E-state index in [1.807, 2.05) is 12.1 Å². The van der Waals surface area contributed by atoms with Crippen LogP contribution in [0.3, 0.4) is 0 Å². The summed E-state index contributed by atoms with van der Waals surface area (Å²) in [6.07, 6.45) is 0. The van der Waals surface area contributed by atoms with Crippen molar-refractivity contribution in [3.63, 3.8) is 0 Å². The van der Waals surface area contributed by atoms with Crippen LogP contribution in [-0.4, -0.2) is 9.13 Å². The molecule has 0 aliphatic heterocycles. The Morgan fingerprint density at radius 3 is 1.64 bits per heavy atom. The van der Waals surface area contributed by atoms with E-state index in [-0.39, 0.29) is 0 Å². The lowest BCUT2D eigenvalue weighted by Crippen LogP contribution is -1.95. The van der Waals surface area contributed by atoms with E-state index in [1.165, 1.54) is 54.7 Å². The summed E-state index contributed by atoms with van der Waals surface area (Å²) in [5.74, 6) is 0. The molecule has 0 radical (unpaired) electrons. The van der Waals surface area contributed by atoms with Crippen LogP contribution in [0.15, 0.2) is 162 Å². The van der Waals surface area contributed by atoms with Crippen LogP contribution in [0.25, 0.3) is 88.1 Å². The number of para-hydroxylation sites is 4. The van der Waals surface area contributed by atoms with Gasteiger partial charge in [-0.05, 0) is 65.7 Å². The van der Waals surface area contributed by atoms with Gasteiger partial charge in [0.1, 0.15) is 11.2 Å². The molecule has 0 atom stereocenters. The Hall–Kier alpha value is -6.06. The first kappa shape index (κ1) is 24.4. The van der Waals surface area contributed by atoms with E-state index in [9.17, 15) is 0 Å². The Morgan fingerprint density at radius 2 is 0.911 bits per heavy atom. The highest BCUT2D eigenvalue weighted by molar-refractivity contribution is 6.15. The summed E-state index contributed by atoms with van der Waals surface area (Å²) in [6.45, 7) is 0. The van der Waals surface area contributed by atoms with Gasteiger partial charge in [-0.3, -0.25) is 0 Å². The second kappa shape index (κ2) is 9.22. The third-order valence-corrected chi connectivity index (χ3v) is 9.31. The quantitative estimate of drug-likeness (QED) is 0.206. The third kappa shape index (κ3) is 3.46. The van der Waals surface area contributed by atoms with Crippen molar-refractivity contribution in [3.05, 3.63) is 158 Å². The van der Waals surface area contributed by atoms with Crippen molar-refractivity contribution >= 4 is 65.6 Å². The number of rotatable bonds is 3. The molecule has 0 saturated heterocycles. The largest absolute Gasteiger partial charge is 0.456 e. The lowest BCUT2D eigenvalue weighted by molar-refractivity contribution is 0.669. The van der Waals surface area contributed by atoms with Crippen LogP contribution in [-0.2, 0) is 0 Å². The summed E-state index contributed by atoms with van der Waals surface area (Å²) >= 11 is 0. The van der Waals surface area contributed by atoms with Gasteiger partial charge in [0.15, 0.2) is 0 Å². The zero-order valence-corrected chi connectivity index (χ0v) is 24.3. The van der Waals surface area contributed by atoms with E-state index in [2.05, 4.69) is 155 Å². The number of furan rings is 1. The van der Waals surface area contributed by atoms with Gasteiger partial charge in [0.05, 0.1) is 33.1 Å². The van der Waals surface area contributed by atoms with Gasteiger partial charge >= 0.3 is 0 Å². The van der Waals surface area contributed by atoms with Crippen molar-refractivity contribution in [1.82, 2.24) is 9.13 Å². The Morgan fingerprint density at radius 1 is 0.356 bits per heavy atom. The van der Waals surface area contributed by atoms with E-state index in [0.717, 1.165) is 33.3 Å². The predicted octanol–water partition coefficient (Wildman–Crippen LogP) is 11.4. The fourth-order valence-corrected chi connectivity index (χ4v) is 7.38. The second-order valence-corrected chi connectivity index (χ2v) is 11.8. The molecule has 3 aromatic heterocycles. The molecule has 0 saturated carbocycles. The number of benzene rings is 7. The van der Waals surface area contributed by atoms with Gasteiger partial charge in [0.25, 0.3) is 0 Å². The fourth-order valence-electron chi connectivity index (χ4n) is 7.38. The van der Waals surface area contributed by atoms with Crippen molar-refractivity contribution in [2.24, 2.45) is 0 Å². The molecule has 10 rings (SSSR count). The second-order valence-electron chi connectivity index (χ2n) is 11.8. The van der Waals surface area contributed by atoms with Crippen molar-refractivity contribution in [2.75, 3.05) is 0 Å². The average molecular weight is 575 g/mol. The van der Waals surface area contributed by atoms with E-state index in [1.54, 1.807) is 0 Å². The first-order valence-electron chi connectivity index (χ1n) is 15.4. The fraction of sp³-hybridized carbons (Fsp3) is 0. The molecule has 45 heavy (non-hydrogen) atoms. The molecule has 10 aromatic rings.